The summed E-state index contributed by atoms with van der Waals surface area (Å²) in [5.41, 5.74) is 0. The van der Waals surface area contributed by atoms with E-state index in [4.69, 9.17) is 0 Å². The third-order valence-corrected chi connectivity index (χ3v) is 2.37. The molecule has 1 aliphatic rings. The fraction of sp³-hybridized carbons (Fsp3) is 0.556. The molecule has 76 valence electrons. The van der Waals surface area contributed by atoms with Crippen molar-refractivity contribution in [2.24, 2.45) is 0 Å². The summed E-state index contributed by atoms with van der Waals surface area (Å²) in [6.45, 7) is 0.927. The maximum atomic E-state index is 11.6. The molecule has 0 aromatic carbocycles. The molecule has 0 radical (unpaired) electrons. The van der Waals surface area contributed by atoms with Crippen LogP contribution in [0, 0.1) is 0 Å². The number of amides is 1. The van der Waals surface area contributed by atoms with Crippen LogP contribution in [0.15, 0.2) is 12.4 Å². The molecule has 0 saturated carbocycles. The van der Waals surface area contributed by atoms with Gasteiger partial charge in [-0.2, -0.15) is 0 Å². The molecule has 14 heavy (non-hydrogen) atoms. The van der Waals surface area contributed by atoms with E-state index in [0.717, 1.165) is 25.8 Å². The summed E-state index contributed by atoms with van der Waals surface area (Å²) in [6.07, 6.45) is 6.48. The van der Waals surface area contributed by atoms with Gasteiger partial charge in [-0.25, -0.2) is 4.98 Å². The molecular weight excluding hydrogens is 180 g/mol. The van der Waals surface area contributed by atoms with E-state index < -0.39 is 0 Å². The van der Waals surface area contributed by atoms with Crippen molar-refractivity contribution in [2.45, 2.75) is 25.3 Å². The van der Waals surface area contributed by atoms with Crippen molar-refractivity contribution in [3.05, 3.63) is 12.4 Å². The number of aromatic amines is 1. The lowest BCUT2D eigenvalue weighted by Crippen LogP contribution is -2.43. The molecule has 3 N–H and O–H groups in total. The van der Waals surface area contributed by atoms with Gasteiger partial charge in [0.1, 0.15) is 0 Å². The van der Waals surface area contributed by atoms with Gasteiger partial charge in [-0.15, -0.1) is 0 Å². The molecule has 1 fully saturated rings. The van der Waals surface area contributed by atoms with Crippen molar-refractivity contribution in [3.8, 4) is 0 Å². The molecule has 1 aliphatic heterocycles. The zero-order valence-electron chi connectivity index (χ0n) is 7.92. The number of carbonyl (C=O) groups excluding carboxylic acids is 1. The molecule has 0 aliphatic carbocycles. The van der Waals surface area contributed by atoms with Gasteiger partial charge in [0.25, 0.3) is 0 Å². The quantitative estimate of drug-likeness (QED) is 0.641. The average molecular weight is 194 g/mol. The van der Waals surface area contributed by atoms with Gasteiger partial charge in [-0.3, -0.25) is 10.1 Å². The Morgan fingerprint density at radius 1 is 1.57 bits per heavy atom. The minimum absolute atomic E-state index is 0.000324. The second kappa shape index (κ2) is 4.23. The number of hydrogen-bond acceptors (Lipinski definition) is 3. The number of nitrogens with one attached hydrogen (secondary N) is 3. The molecule has 5 heteroatoms. The third-order valence-electron chi connectivity index (χ3n) is 2.37. The Morgan fingerprint density at radius 2 is 2.50 bits per heavy atom. The first-order valence-electron chi connectivity index (χ1n) is 4.90. The lowest BCUT2D eigenvalue weighted by molar-refractivity contribution is -0.118. The summed E-state index contributed by atoms with van der Waals surface area (Å²) >= 11 is 0. The topological polar surface area (TPSA) is 69.8 Å². The van der Waals surface area contributed by atoms with Gasteiger partial charge in [0.05, 0.1) is 6.04 Å². The normalized spacial score (nSPS) is 21.9. The molecule has 1 aromatic heterocycles. The van der Waals surface area contributed by atoms with E-state index in [0.29, 0.717) is 5.95 Å². The lowest BCUT2D eigenvalue weighted by atomic mass is 10.0. The van der Waals surface area contributed by atoms with Crippen LogP contribution in [-0.4, -0.2) is 28.5 Å². The van der Waals surface area contributed by atoms with Crippen molar-refractivity contribution in [3.63, 3.8) is 0 Å². The molecule has 5 nitrogen and oxygen atoms in total. The van der Waals surface area contributed by atoms with Crippen LogP contribution < -0.4 is 10.6 Å². The Hall–Kier alpha value is -1.36. The molecule has 1 atom stereocenters. The number of carbonyl (C=O) groups is 1. The standard InChI is InChI=1S/C9H14N4O/c14-8(7-3-1-2-4-10-7)13-9-11-5-6-12-9/h5-7,10H,1-4H2,(H2,11,12,13,14)/t7-/m1/s1. The summed E-state index contributed by atoms with van der Waals surface area (Å²) in [4.78, 5) is 18.4. The van der Waals surface area contributed by atoms with Gasteiger partial charge in [-0.05, 0) is 19.4 Å². The van der Waals surface area contributed by atoms with Crippen LogP contribution in [0.2, 0.25) is 0 Å². The average Bonchev–Trinajstić information content (AvgIpc) is 2.72. The SMILES string of the molecule is O=C(Nc1ncc[nH]1)[C@H]1CCCCN1. The predicted octanol–water partition coefficient (Wildman–Crippen LogP) is 0.490. The van der Waals surface area contributed by atoms with Gasteiger partial charge < -0.3 is 10.3 Å². The maximum absolute atomic E-state index is 11.6. The molecule has 0 unspecified atom stereocenters. The van der Waals surface area contributed by atoms with Gasteiger partial charge >= 0.3 is 0 Å². The molecule has 2 heterocycles. The fourth-order valence-corrected chi connectivity index (χ4v) is 1.61. The molecule has 0 bridgehead atoms. The van der Waals surface area contributed by atoms with Crippen LogP contribution in [0.5, 0.6) is 0 Å². The highest BCUT2D eigenvalue weighted by atomic mass is 16.2. The smallest absolute Gasteiger partial charge is 0.243 e. The maximum Gasteiger partial charge on any atom is 0.243 e. The summed E-state index contributed by atoms with van der Waals surface area (Å²) in [5.74, 6) is 0.516. The summed E-state index contributed by atoms with van der Waals surface area (Å²) in [5, 5.41) is 5.90. The summed E-state index contributed by atoms with van der Waals surface area (Å²) < 4.78 is 0. The molecule has 1 aromatic rings. The first-order valence-corrected chi connectivity index (χ1v) is 4.90. The minimum Gasteiger partial charge on any atom is -0.331 e. The third kappa shape index (κ3) is 2.11. The summed E-state index contributed by atoms with van der Waals surface area (Å²) in [7, 11) is 0. The summed E-state index contributed by atoms with van der Waals surface area (Å²) in [6, 6.07) is -0.0613. The van der Waals surface area contributed by atoms with Crippen LogP contribution in [0.3, 0.4) is 0 Å². The van der Waals surface area contributed by atoms with E-state index in [-0.39, 0.29) is 11.9 Å². The molecule has 2 rings (SSSR count). The van der Waals surface area contributed by atoms with Crippen LogP contribution in [0.25, 0.3) is 0 Å². The number of anilines is 1. The fourth-order valence-electron chi connectivity index (χ4n) is 1.61. The van der Waals surface area contributed by atoms with Crippen molar-refractivity contribution >= 4 is 11.9 Å². The Balaban J connectivity index is 1.88. The minimum atomic E-state index is -0.0613. The number of imidazole rings is 1. The largest absolute Gasteiger partial charge is 0.331 e. The van der Waals surface area contributed by atoms with Crippen LogP contribution in [0.1, 0.15) is 19.3 Å². The second-order valence-corrected chi connectivity index (χ2v) is 3.43. The van der Waals surface area contributed by atoms with Crippen molar-refractivity contribution < 1.29 is 4.79 Å². The van der Waals surface area contributed by atoms with E-state index in [2.05, 4.69) is 20.6 Å². The first-order chi connectivity index (χ1) is 6.86. The Labute approximate surface area is 82.3 Å². The highest BCUT2D eigenvalue weighted by Crippen LogP contribution is 2.08. The van der Waals surface area contributed by atoms with E-state index in [1.165, 1.54) is 0 Å². The second-order valence-electron chi connectivity index (χ2n) is 3.43. The lowest BCUT2D eigenvalue weighted by Gasteiger charge is -2.21. The van der Waals surface area contributed by atoms with Crippen molar-refractivity contribution in [1.29, 1.82) is 0 Å². The van der Waals surface area contributed by atoms with Gasteiger partial charge in [0.15, 0.2) is 0 Å². The molecule has 0 spiro atoms. The van der Waals surface area contributed by atoms with Crippen LogP contribution >= 0.6 is 0 Å². The first kappa shape index (κ1) is 9.21. The Kier molecular flexibility index (Phi) is 2.78. The number of nitrogens with zero attached hydrogens (tertiary/aromatic N) is 1. The van der Waals surface area contributed by atoms with Crippen molar-refractivity contribution in [2.75, 3.05) is 11.9 Å². The molecule has 1 saturated heterocycles. The number of H-pyrrole nitrogens is 1. The van der Waals surface area contributed by atoms with Crippen LogP contribution in [0.4, 0.5) is 5.95 Å². The monoisotopic (exact) mass is 194 g/mol. The highest BCUT2D eigenvalue weighted by molar-refractivity contribution is 5.93. The number of rotatable bonds is 2. The van der Waals surface area contributed by atoms with E-state index in [1.807, 2.05) is 0 Å². The van der Waals surface area contributed by atoms with E-state index in [9.17, 15) is 4.79 Å². The van der Waals surface area contributed by atoms with Gasteiger partial charge in [0, 0.05) is 12.4 Å². The molecule has 1 amide bonds. The van der Waals surface area contributed by atoms with E-state index in [1.54, 1.807) is 12.4 Å². The predicted molar refractivity (Wildman–Crippen MR) is 52.9 cm³/mol. The zero-order valence-corrected chi connectivity index (χ0v) is 7.92. The number of piperidine rings is 1. The van der Waals surface area contributed by atoms with Gasteiger partial charge in [0.2, 0.25) is 11.9 Å². The number of aromatic nitrogens is 2. The van der Waals surface area contributed by atoms with Gasteiger partial charge in [-0.1, -0.05) is 6.42 Å². The Bertz CT molecular complexity index is 290. The molecular formula is C9H14N4O. The van der Waals surface area contributed by atoms with Crippen LogP contribution in [-0.2, 0) is 4.79 Å². The Morgan fingerprint density at radius 3 is 3.14 bits per heavy atom. The zero-order chi connectivity index (χ0) is 9.80. The number of hydrogen-bond donors (Lipinski definition) is 3. The van der Waals surface area contributed by atoms with E-state index >= 15 is 0 Å². The highest BCUT2D eigenvalue weighted by Gasteiger charge is 2.20. The van der Waals surface area contributed by atoms with Crippen molar-refractivity contribution in [1.82, 2.24) is 15.3 Å².